The minimum Gasteiger partial charge on any atom is -0.354 e. The number of sulfonamides is 1. The number of carbonyl (C=O) groups excluding carboxylic acids is 2. The second-order valence-electron chi connectivity index (χ2n) is 11.2. The number of amides is 2. The molecule has 1 N–H and O–H groups in total. The second kappa shape index (κ2) is 15.4. The normalized spacial score (nSPS) is 12.0. The fourth-order valence-electron chi connectivity index (χ4n) is 4.84. The number of nitrogens with zero attached hydrogens (tertiary/aromatic N) is 2. The first kappa shape index (κ1) is 34.0. The lowest BCUT2D eigenvalue weighted by atomic mass is 10.0. The van der Waals surface area contributed by atoms with Gasteiger partial charge in [0.05, 0.1) is 10.6 Å². The van der Waals surface area contributed by atoms with Crippen molar-refractivity contribution in [2.75, 3.05) is 17.4 Å². The smallest absolute Gasteiger partial charge is 0.264 e. The first-order chi connectivity index (χ1) is 21.5. The number of rotatable bonds is 13. The van der Waals surface area contributed by atoms with Gasteiger partial charge in [-0.05, 0) is 72.0 Å². The Morgan fingerprint density at radius 1 is 0.822 bits per heavy atom. The average Bonchev–Trinajstić information content (AvgIpc) is 3.01. The number of halogens is 2. The van der Waals surface area contributed by atoms with Crippen molar-refractivity contribution in [1.29, 1.82) is 0 Å². The molecule has 0 unspecified atom stereocenters. The predicted molar refractivity (Wildman–Crippen MR) is 181 cm³/mol. The molecule has 0 bridgehead atoms. The topological polar surface area (TPSA) is 86.8 Å². The molecule has 45 heavy (non-hydrogen) atoms. The van der Waals surface area contributed by atoms with Crippen molar-refractivity contribution in [1.82, 2.24) is 10.2 Å². The second-order valence-corrected chi connectivity index (χ2v) is 14.0. The van der Waals surface area contributed by atoms with Gasteiger partial charge in [0.25, 0.3) is 10.0 Å². The van der Waals surface area contributed by atoms with Crippen LogP contribution in [-0.4, -0.2) is 44.3 Å². The first-order valence-electron chi connectivity index (χ1n) is 14.6. The van der Waals surface area contributed by atoms with Crippen LogP contribution in [0.4, 0.5) is 5.69 Å². The van der Waals surface area contributed by atoms with E-state index >= 15 is 0 Å². The highest BCUT2D eigenvalue weighted by Gasteiger charge is 2.35. The van der Waals surface area contributed by atoms with Crippen molar-refractivity contribution >= 4 is 50.7 Å². The summed E-state index contributed by atoms with van der Waals surface area (Å²) in [6.45, 7) is 5.88. The lowest BCUT2D eigenvalue weighted by molar-refractivity contribution is -0.140. The van der Waals surface area contributed by atoms with Crippen LogP contribution < -0.4 is 9.62 Å². The summed E-state index contributed by atoms with van der Waals surface area (Å²) in [5, 5.41) is 3.68. The van der Waals surface area contributed by atoms with Crippen molar-refractivity contribution < 1.29 is 18.0 Å². The highest BCUT2D eigenvalue weighted by molar-refractivity contribution is 7.92. The van der Waals surface area contributed by atoms with Gasteiger partial charge in [-0.2, -0.15) is 0 Å². The third-order valence-electron chi connectivity index (χ3n) is 7.33. The van der Waals surface area contributed by atoms with E-state index in [9.17, 15) is 18.0 Å². The summed E-state index contributed by atoms with van der Waals surface area (Å²) in [4.78, 5) is 29.8. The number of benzene rings is 4. The van der Waals surface area contributed by atoms with Crippen LogP contribution in [0.5, 0.6) is 0 Å². The van der Waals surface area contributed by atoms with Gasteiger partial charge in [-0.15, -0.1) is 0 Å². The summed E-state index contributed by atoms with van der Waals surface area (Å²) in [5.41, 5.74) is 2.86. The van der Waals surface area contributed by atoms with E-state index in [-0.39, 0.29) is 35.4 Å². The van der Waals surface area contributed by atoms with Crippen LogP contribution in [0.3, 0.4) is 0 Å². The maximum atomic E-state index is 14.5. The lowest BCUT2D eigenvalue weighted by Crippen LogP contribution is -2.53. The Hall–Kier alpha value is -3.85. The third kappa shape index (κ3) is 9.10. The molecule has 10 heteroatoms. The molecule has 0 aliphatic carbocycles. The van der Waals surface area contributed by atoms with Gasteiger partial charge in [0.15, 0.2) is 0 Å². The van der Waals surface area contributed by atoms with Gasteiger partial charge in [0.2, 0.25) is 11.8 Å². The number of aryl methyl sites for hydroxylation is 1. The van der Waals surface area contributed by atoms with E-state index in [1.165, 1.54) is 35.2 Å². The summed E-state index contributed by atoms with van der Waals surface area (Å²) in [7, 11) is -4.26. The van der Waals surface area contributed by atoms with E-state index in [4.69, 9.17) is 23.2 Å². The largest absolute Gasteiger partial charge is 0.354 e. The van der Waals surface area contributed by atoms with Crippen LogP contribution in [0.1, 0.15) is 30.5 Å². The predicted octanol–water partition coefficient (Wildman–Crippen LogP) is 6.91. The van der Waals surface area contributed by atoms with Crippen molar-refractivity contribution in [3.05, 3.63) is 130 Å². The first-order valence-corrected chi connectivity index (χ1v) is 16.8. The van der Waals surface area contributed by atoms with Crippen LogP contribution in [0.2, 0.25) is 10.0 Å². The number of carbonyl (C=O) groups is 2. The van der Waals surface area contributed by atoms with E-state index < -0.39 is 28.5 Å². The Bertz CT molecular complexity index is 1710. The Kier molecular flexibility index (Phi) is 11.7. The molecule has 236 valence electrons. The molecule has 0 aliphatic heterocycles. The Morgan fingerprint density at radius 2 is 1.49 bits per heavy atom. The van der Waals surface area contributed by atoms with Gasteiger partial charge in [0, 0.05) is 29.6 Å². The maximum absolute atomic E-state index is 14.5. The third-order valence-corrected chi connectivity index (χ3v) is 9.61. The highest BCUT2D eigenvalue weighted by atomic mass is 35.5. The summed E-state index contributed by atoms with van der Waals surface area (Å²) in [5.74, 6) is -0.671. The van der Waals surface area contributed by atoms with Crippen LogP contribution in [0.15, 0.2) is 108 Å². The summed E-state index contributed by atoms with van der Waals surface area (Å²) in [6, 6.07) is 28.2. The summed E-state index contributed by atoms with van der Waals surface area (Å²) < 4.78 is 29.2. The van der Waals surface area contributed by atoms with Gasteiger partial charge in [-0.3, -0.25) is 13.9 Å². The summed E-state index contributed by atoms with van der Waals surface area (Å²) >= 11 is 12.3. The molecule has 1 atom stereocenters. The quantitative estimate of drug-likeness (QED) is 0.168. The molecule has 4 rings (SSSR count). The van der Waals surface area contributed by atoms with Crippen LogP contribution >= 0.6 is 23.2 Å². The minimum absolute atomic E-state index is 0.0411. The monoisotopic (exact) mass is 665 g/mol. The molecule has 0 heterocycles. The number of anilines is 1. The number of hydrogen-bond donors (Lipinski definition) is 1. The van der Waals surface area contributed by atoms with Crippen LogP contribution in [0, 0.1) is 12.8 Å². The maximum Gasteiger partial charge on any atom is 0.264 e. The van der Waals surface area contributed by atoms with Gasteiger partial charge in [0.1, 0.15) is 12.6 Å². The van der Waals surface area contributed by atoms with Crippen LogP contribution in [-0.2, 0) is 32.6 Å². The van der Waals surface area contributed by atoms with Gasteiger partial charge >= 0.3 is 0 Å². The Balaban J connectivity index is 1.81. The Labute approximate surface area is 275 Å². The molecule has 0 radical (unpaired) electrons. The minimum atomic E-state index is -4.26. The zero-order valence-corrected chi connectivity index (χ0v) is 27.8. The van der Waals surface area contributed by atoms with E-state index in [1.54, 1.807) is 18.2 Å². The van der Waals surface area contributed by atoms with Crippen molar-refractivity contribution in [3.8, 4) is 0 Å². The van der Waals surface area contributed by atoms with E-state index in [0.717, 1.165) is 21.0 Å². The molecule has 0 aliphatic rings. The fourth-order valence-corrected chi connectivity index (χ4v) is 6.56. The van der Waals surface area contributed by atoms with Gasteiger partial charge < -0.3 is 10.2 Å². The SMILES string of the molecule is Cc1ccccc1CN(C(=O)CN(c1cccc(Cl)c1)S(=O)(=O)c1ccc(Cl)cc1)[C@@H](Cc1ccccc1)C(=O)NCC(C)C. The Morgan fingerprint density at radius 3 is 2.13 bits per heavy atom. The fraction of sp³-hybridized carbons (Fsp3) is 0.257. The number of nitrogens with one attached hydrogen (secondary N) is 1. The molecule has 0 saturated heterocycles. The molecule has 0 fully saturated rings. The molecule has 0 spiro atoms. The average molecular weight is 667 g/mol. The van der Waals surface area contributed by atoms with Crippen LogP contribution in [0.25, 0.3) is 0 Å². The zero-order chi connectivity index (χ0) is 32.6. The molecule has 4 aromatic rings. The van der Waals surface area contributed by atoms with Gasteiger partial charge in [-0.25, -0.2) is 8.42 Å². The molecule has 0 aromatic heterocycles. The lowest BCUT2D eigenvalue weighted by Gasteiger charge is -2.34. The van der Waals surface area contributed by atoms with E-state index in [2.05, 4.69) is 5.32 Å². The molecule has 7 nitrogen and oxygen atoms in total. The van der Waals surface area contributed by atoms with E-state index in [1.807, 2.05) is 75.4 Å². The van der Waals surface area contributed by atoms with Crippen molar-refractivity contribution in [2.24, 2.45) is 5.92 Å². The zero-order valence-electron chi connectivity index (χ0n) is 25.5. The number of hydrogen-bond acceptors (Lipinski definition) is 4. The summed E-state index contributed by atoms with van der Waals surface area (Å²) in [6.07, 6.45) is 0.240. The molecular weight excluding hydrogens is 629 g/mol. The standard InChI is InChI=1S/C35H37Cl2N3O4S/c1-25(2)22-38-35(42)33(20-27-11-5-4-6-12-27)39(23-28-13-8-7-10-26(28)3)34(41)24-40(31-15-9-14-30(37)21-31)45(43,44)32-18-16-29(36)17-19-32/h4-19,21,25,33H,20,22-24H2,1-3H3,(H,38,42)/t33-/m0/s1. The van der Waals surface area contributed by atoms with Gasteiger partial charge in [-0.1, -0.05) is 97.7 Å². The highest BCUT2D eigenvalue weighted by Crippen LogP contribution is 2.28. The molecular formula is C35H37Cl2N3O4S. The van der Waals surface area contributed by atoms with Crippen molar-refractivity contribution in [3.63, 3.8) is 0 Å². The molecule has 0 saturated carbocycles. The molecule has 4 aromatic carbocycles. The van der Waals surface area contributed by atoms with E-state index in [0.29, 0.717) is 16.6 Å². The molecule has 2 amide bonds. The van der Waals surface area contributed by atoms with Crippen molar-refractivity contribution in [2.45, 2.75) is 44.7 Å².